The van der Waals surface area contributed by atoms with E-state index in [1.807, 2.05) is 12.1 Å². The van der Waals surface area contributed by atoms with E-state index in [9.17, 15) is 4.79 Å². The van der Waals surface area contributed by atoms with E-state index >= 15 is 0 Å². The van der Waals surface area contributed by atoms with Gasteiger partial charge in [0.25, 0.3) is 5.91 Å². The highest BCUT2D eigenvalue weighted by Gasteiger charge is 2.27. The highest BCUT2D eigenvalue weighted by atomic mass is 35.5. The van der Waals surface area contributed by atoms with E-state index in [-0.39, 0.29) is 24.9 Å². The minimum Gasteiger partial charge on any atom is -0.493 e. The predicted molar refractivity (Wildman–Crippen MR) is 85.8 cm³/mol. The van der Waals surface area contributed by atoms with Crippen LogP contribution in [0.1, 0.15) is 11.1 Å². The van der Waals surface area contributed by atoms with Crippen molar-refractivity contribution >= 4 is 18.3 Å². The first kappa shape index (κ1) is 18.5. The average Bonchev–Trinajstić information content (AvgIpc) is 2.53. The summed E-state index contributed by atoms with van der Waals surface area (Å²) in [5.74, 6) is 1.32. The van der Waals surface area contributed by atoms with Crippen LogP contribution in [0.25, 0.3) is 0 Å². The van der Waals surface area contributed by atoms with Crippen molar-refractivity contribution < 1.29 is 19.0 Å². The van der Waals surface area contributed by atoms with Crippen molar-refractivity contribution in [3.63, 3.8) is 0 Å². The van der Waals surface area contributed by atoms with Crippen LogP contribution < -0.4 is 15.2 Å². The van der Waals surface area contributed by atoms with Gasteiger partial charge >= 0.3 is 0 Å². The Hall–Kier alpha value is -1.50. The molecule has 22 heavy (non-hydrogen) atoms. The number of fused-ring (bicyclic) bond motifs is 1. The Morgan fingerprint density at radius 1 is 1.23 bits per heavy atom. The Kier molecular flexibility index (Phi) is 6.93. The van der Waals surface area contributed by atoms with Gasteiger partial charge in [-0.1, -0.05) is 0 Å². The summed E-state index contributed by atoms with van der Waals surface area (Å²) in [6, 6.07) is 3.91. The molecule has 1 aromatic carbocycles. The fourth-order valence-electron chi connectivity index (χ4n) is 2.57. The summed E-state index contributed by atoms with van der Waals surface area (Å²) in [6.45, 7) is 1.38. The summed E-state index contributed by atoms with van der Waals surface area (Å²) in [5.41, 5.74) is 7.81. The van der Waals surface area contributed by atoms with Crippen molar-refractivity contribution in [1.29, 1.82) is 0 Å². The Balaban J connectivity index is 0.00000242. The van der Waals surface area contributed by atoms with Crippen molar-refractivity contribution in [2.75, 3.05) is 34.4 Å². The normalized spacial score (nSPS) is 14.6. The van der Waals surface area contributed by atoms with Crippen molar-refractivity contribution in [3.05, 3.63) is 23.3 Å². The van der Waals surface area contributed by atoms with Gasteiger partial charge in [-0.15, -0.1) is 12.4 Å². The lowest BCUT2D eigenvalue weighted by molar-refractivity contribution is -0.142. The first-order valence-electron chi connectivity index (χ1n) is 6.90. The lowest BCUT2D eigenvalue weighted by Crippen LogP contribution is -2.45. The van der Waals surface area contributed by atoms with Crippen LogP contribution in [0.5, 0.6) is 11.5 Å². The molecular formula is C15H23ClN2O4. The molecule has 1 amide bonds. The van der Waals surface area contributed by atoms with Crippen LogP contribution in [-0.2, 0) is 22.5 Å². The quantitative estimate of drug-likeness (QED) is 0.871. The third-order valence-corrected chi connectivity index (χ3v) is 3.80. The lowest BCUT2D eigenvalue weighted by atomic mass is 9.98. The molecule has 124 valence electrons. The number of carbonyl (C=O) groups is 1. The first-order valence-corrected chi connectivity index (χ1v) is 6.90. The molecule has 2 rings (SSSR count). The van der Waals surface area contributed by atoms with Crippen LogP contribution in [0.15, 0.2) is 12.1 Å². The molecule has 0 saturated carbocycles. The second-order valence-corrected chi connectivity index (χ2v) is 4.95. The molecule has 0 fully saturated rings. The predicted octanol–water partition coefficient (Wildman–Crippen LogP) is 0.984. The van der Waals surface area contributed by atoms with Gasteiger partial charge in [0.2, 0.25) is 0 Å². The lowest BCUT2D eigenvalue weighted by Gasteiger charge is -2.31. The molecule has 1 aliphatic heterocycles. The summed E-state index contributed by atoms with van der Waals surface area (Å²) in [4.78, 5) is 14.1. The van der Waals surface area contributed by atoms with E-state index in [0.717, 1.165) is 12.0 Å². The largest absolute Gasteiger partial charge is 0.493 e. The second kappa shape index (κ2) is 8.22. The van der Waals surface area contributed by atoms with Crippen molar-refractivity contribution in [3.8, 4) is 11.5 Å². The molecule has 0 aromatic heterocycles. The molecular weight excluding hydrogens is 308 g/mol. The number of methoxy groups -OCH3 is 3. The van der Waals surface area contributed by atoms with Gasteiger partial charge in [0, 0.05) is 26.7 Å². The zero-order chi connectivity index (χ0) is 15.4. The number of amides is 1. The molecule has 0 spiro atoms. The van der Waals surface area contributed by atoms with E-state index in [1.54, 1.807) is 19.1 Å². The standard InChI is InChI=1S/C15H22N2O4.ClH/c1-19-12-6-10-4-5-17(15(18)14(8-16)21-3)9-11(10)7-13(12)20-2;/h6-7,14H,4-5,8-9,16H2,1-3H3;1H. The molecule has 0 aliphatic carbocycles. The number of benzene rings is 1. The van der Waals surface area contributed by atoms with Gasteiger partial charge in [0.05, 0.1) is 14.2 Å². The minimum atomic E-state index is -0.577. The molecule has 0 saturated heterocycles. The van der Waals surface area contributed by atoms with E-state index in [4.69, 9.17) is 19.9 Å². The second-order valence-electron chi connectivity index (χ2n) is 4.95. The van der Waals surface area contributed by atoms with Crippen LogP contribution in [0.4, 0.5) is 0 Å². The summed E-state index contributed by atoms with van der Waals surface area (Å²) in [7, 11) is 4.72. The number of nitrogens with zero attached hydrogens (tertiary/aromatic N) is 1. The number of hydrogen-bond donors (Lipinski definition) is 1. The monoisotopic (exact) mass is 330 g/mol. The number of hydrogen-bond acceptors (Lipinski definition) is 5. The molecule has 6 nitrogen and oxygen atoms in total. The van der Waals surface area contributed by atoms with Gasteiger partial charge in [0.1, 0.15) is 6.10 Å². The fourth-order valence-corrected chi connectivity index (χ4v) is 2.57. The molecule has 0 bridgehead atoms. The van der Waals surface area contributed by atoms with E-state index in [1.165, 1.54) is 12.7 Å². The van der Waals surface area contributed by atoms with Crippen molar-refractivity contribution in [2.45, 2.75) is 19.1 Å². The van der Waals surface area contributed by atoms with Crippen LogP contribution in [0.2, 0.25) is 0 Å². The molecule has 2 N–H and O–H groups in total. The SMILES string of the molecule is COc1cc2c(cc1OC)CN(C(=O)C(CN)OC)CC2.Cl. The number of ether oxygens (including phenoxy) is 3. The van der Waals surface area contributed by atoms with E-state index in [0.29, 0.717) is 24.6 Å². The van der Waals surface area contributed by atoms with Crippen LogP contribution in [-0.4, -0.2) is 51.3 Å². The fraction of sp³-hybridized carbons (Fsp3) is 0.533. The van der Waals surface area contributed by atoms with Gasteiger partial charge in [-0.2, -0.15) is 0 Å². The van der Waals surface area contributed by atoms with Gasteiger partial charge in [0.15, 0.2) is 11.5 Å². The Labute approximate surface area is 136 Å². The summed E-state index contributed by atoms with van der Waals surface area (Å²) < 4.78 is 15.7. The molecule has 1 aliphatic rings. The molecule has 1 atom stereocenters. The molecule has 7 heteroatoms. The van der Waals surface area contributed by atoms with Gasteiger partial charge in [-0.05, 0) is 29.7 Å². The maximum absolute atomic E-state index is 12.3. The van der Waals surface area contributed by atoms with Crippen LogP contribution >= 0.6 is 12.4 Å². The molecule has 1 unspecified atom stereocenters. The zero-order valence-corrected chi connectivity index (χ0v) is 13.9. The number of rotatable bonds is 5. The topological polar surface area (TPSA) is 74.0 Å². The van der Waals surface area contributed by atoms with E-state index in [2.05, 4.69) is 0 Å². The van der Waals surface area contributed by atoms with Crippen LogP contribution in [0.3, 0.4) is 0 Å². The van der Waals surface area contributed by atoms with Gasteiger partial charge in [-0.25, -0.2) is 0 Å². The average molecular weight is 331 g/mol. The van der Waals surface area contributed by atoms with Gasteiger partial charge in [-0.3, -0.25) is 4.79 Å². The third kappa shape index (κ3) is 3.63. The minimum absolute atomic E-state index is 0. The van der Waals surface area contributed by atoms with Crippen LogP contribution in [0, 0.1) is 0 Å². The number of carbonyl (C=O) groups excluding carboxylic acids is 1. The maximum atomic E-state index is 12.3. The smallest absolute Gasteiger partial charge is 0.253 e. The summed E-state index contributed by atoms with van der Waals surface area (Å²) in [5, 5.41) is 0. The summed E-state index contributed by atoms with van der Waals surface area (Å²) in [6.07, 6.45) is 0.203. The molecule has 0 radical (unpaired) electrons. The molecule has 1 aromatic rings. The Morgan fingerprint density at radius 2 is 1.82 bits per heavy atom. The van der Waals surface area contributed by atoms with Crippen molar-refractivity contribution in [1.82, 2.24) is 4.90 Å². The number of nitrogens with two attached hydrogens (primary N) is 1. The maximum Gasteiger partial charge on any atom is 0.253 e. The molecule has 1 heterocycles. The Morgan fingerprint density at radius 3 is 2.32 bits per heavy atom. The summed E-state index contributed by atoms with van der Waals surface area (Å²) >= 11 is 0. The highest BCUT2D eigenvalue weighted by molar-refractivity contribution is 5.85. The zero-order valence-electron chi connectivity index (χ0n) is 13.1. The van der Waals surface area contributed by atoms with E-state index < -0.39 is 6.10 Å². The first-order chi connectivity index (χ1) is 10.1. The van der Waals surface area contributed by atoms with Crippen molar-refractivity contribution in [2.24, 2.45) is 5.73 Å². The Bertz CT molecular complexity index is 521. The highest BCUT2D eigenvalue weighted by Crippen LogP contribution is 2.33. The number of halogens is 1. The third-order valence-electron chi connectivity index (χ3n) is 3.80. The van der Waals surface area contributed by atoms with Gasteiger partial charge < -0.3 is 24.8 Å².